The molecule has 150 valence electrons. The number of hydrogen-bond acceptors (Lipinski definition) is 6. The molecule has 27 heavy (non-hydrogen) atoms. The summed E-state index contributed by atoms with van der Waals surface area (Å²) in [5.41, 5.74) is 1.61. The smallest absolute Gasteiger partial charge is 0.332 e. The molecule has 0 aromatic heterocycles. The van der Waals surface area contributed by atoms with Crippen LogP contribution in [0.3, 0.4) is 0 Å². The van der Waals surface area contributed by atoms with Crippen molar-refractivity contribution in [3.8, 4) is 5.75 Å². The first kappa shape index (κ1) is 21.1. The summed E-state index contributed by atoms with van der Waals surface area (Å²) >= 11 is 0. The summed E-state index contributed by atoms with van der Waals surface area (Å²) in [5.74, 6) is -1.19. The van der Waals surface area contributed by atoms with E-state index in [0.29, 0.717) is 29.5 Å². The summed E-state index contributed by atoms with van der Waals surface area (Å²) in [7, 11) is 1.77. The van der Waals surface area contributed by atoms with Crippen LogP contribution in [-0.2, 0) is 9.53 Å². The fourth-order valence-electron chi connectivity index (χ4n) is 3.37. The molecule has 1 aliphatic rings. The maximum atomic E-state index is 12.3. The highest BCUT2D eigenvalue weighted by Gasteiger charge is 2.35. The molecule has 1 saturated heterocycles. The Kier molecular flexibility index (Phi) is 7.18. The van der Waals surface area contributed by atoms with Gasteiger partial charge < -0.3 is 30.7 Å². The largest absolute Gasteiger partial charge is 0.507 e. The molecule has 0 radical (unpaired) electrons. The Bertz CT molecular complexity index is 670. The summed E-state index contributed by atoms with van der Waals surface area (Å²) in [6, 6.07) is 3.12. The average molecular weight is 380 g/mol. The topological polar surface area (TPSA) is 128 Å². The van der Waals surface area contributed by atoms with Crippen LogP contribution in [0, 0.1) is 13.8 Å². The van der Waals surface area contributed by atoms with Gasteiger partial charge >= 0.3 is 5.97 Å². The van der Waals surface area contributed by atoms with Crippen molar-refractivity contribution in [2.24, 2.45) is 0 Å². The van der Waals surface area contributed by atoms with E-state index in [1.807, 2.05) is 0 Å². The van der Waals surface area contributed by atoms with Gasteiger partial charge in [0, 0.05) is 24.6 Å². The van der Waals surface area contributed by atoms with Crippen molar-refractivity contribution in [2.45, 2.75) is 57.5 Å². The number of aromatic hydroxyl groups is 1. The summed E-state index contributed by atoms with van der Waals surface area (Å²) in [4.78, 5) is 23.4. The number of phenols is 1. The Morgan fingerprint density at radius 2 is 1.89 bits per heavy atom. The van der Waals surface area contributed by atoms with Crippen LogP contribution < -0.4 is 10.6 Å². The molecule has 1 amide bonds. The van der Waals surface area contributed by atoms with Crippen molar-refractivity contribution in [3.63, 3.8) is 0 Å². The maximum absolute atomic E-state index is 12.3. The van der Waals surface area contributed by atoms with Gasteiger partial charge in [0.1, 0.15) is 5.75 Å². The molecule has 1 heterocycles. The normalized spacial score (nSPS) is 23.6. The number of benzene rings is 1. The lowest BCUT2D eigenvalue weighted by molar-refractivity contribution is -0.163. The number of ether oxygens (including phenoxy) is 1. The van der Waals surface area contributed by atoms with E-state index < -0.39 is 24.3 Å². The van der Waals surface area contributed by atoms with E-state index in [-0.39, 0.29) is 30.7 Å². The highest BCUT2D eigenvalue weighted by Crippen LogP contribution is 2.24. The summed E-state index contributed by atoms with van der Waals surface area (Å²) in [6.07, 6.45) is -0.920. The van der Waals surface area contributed by atoms with Crippen LogP contribution in [0.15, 0.2) is 12.1 Å². The second-order valence-corrected chi connectivity index (χ2v) is 7.03. The Morgan fingerprint density at radius 3 is 2.44 bits per heavy atom. The van der Waals surface area contributed by atoms with E-state index in [9.17, 15) is 19.8 Å². The zero-order chi connectivity index (χ0) is 20.1. The number of rotatable bonds is 7. The number of carbonyl (C=O) groups excluding carboxylic acids is 1. The number of phenolic OH excluding ortho intramolecular Hbond substituents is 1. The van der Waals surface area contributed by atoms with Crippen LogP contribution in [0.25, 0.3) is 0 Å². The summed E-state index contributed by atoms with van der Waals surface area (Å²) in [6.45, 7) is 3.45. The van der Waals surface area contributed by atoms with Crippen molar-refractivity contribution in [1.29, 1.82) is 0 Å². The molecule has 1 aromatic carbocycles. The lowest BCUT2D eigenvalue weighted by Crippen LogP contribution is -2.50. The minimum atomic E-state index is -1.00. The Hall–Kier alpha value is -2.16. The number of aliphatic hydroxyl groups excluding tert-OH is 1. The fourth-order valence-corrected chi connectivity index (χ4v) is 3.37. The molecule has 0 bridgehead atoms. The monoisotopic (exact) mass is 380 g/mol. The van der Waals surface area contributed by atoms with Gasteiger partial charge in [-0.25, -0.2) is 4.79 Å². The first-order valence-electron chi connectivity index (χ1n) is 9.05. The number of carboxylic acid groups (broad SMARTS) is 1. The van der Waals surface area contributed by atoms with Crippen molar-refractivity contribution < 1.29 is 29.6 Å². The number of nitrogens with one attached hydrogen (secondary N) is 2. The van der Waals surface area contributed by atoms with Gasteiger partial charge in [0.25, 0.3) is 5.91 Å². The molecule has 1 fully saturated rings. The Labute approximate surface area is 158 Å². The van der Waals surface area contributed by atoms with Gasteiger partial charge in [0.15, 0.2) is 6.10 Å². The predicted molar refractivity (Wildman–Crippen MR) is 98.9 cm³/mol. The molecule has 1 aromatic rings. The summed E-state index contributed by atoms with van der Waals surface area (Å²) < 4.78 is 5.60. The van der Waals surface area contributed by atoms with Gasteiger partial charge in [-0.1, -0.05) is 0 Å². The predicted octanol–water partition coefficient (Wildman–Crippen LogP) is 0.710. The molecule has 4 unspecified atom stereocenters. The molecule has 4 atom stereocenters. The van der Waals surface area contributed by atoms with Crippen LogP contribution >= 0.6 is 0 Å². The zero-order valence-corrected chi connectivity index (χ0v) is 15.9. The third kappa shape index (κ3) is 5.41. The van der Waals surface area contributed by atoms with Crippen molar-refractivity contribution in [2.75, 3.05) is 13.6 Å². The number of likely N-dealkylation sites (N-methyl/N-ethyl adjacent to an activating group) is 1. The number of carboxylic acids is 1. The maximum Gasteiger partial charge on any atom is 0.332 e. The number of aliphatic carboxylic acids is 1. The van der Waals surface area contributed by atoms with Gasteiger partial charge in [0.2, 0.25) is 0 Å². The molecule has 0 saturated carbocycles. The van der Waals surface area contributed by atoms with Crippen molar-refractivity contribution >= 4 is 11.9 Å². The van der Waals surface area contributed by atoms with E-state index in [1.165, 1.54) is 0 Å². The number of aliphatic hydroxyl groups is 1. The number of aryl methyl sites for hydroxylation is 2. The minimum absolute atomic E-state index is 0.0197. The molecule has 5 N–H and O–H groups in total. The molecule has 2 rings (SSSR count). The summed E-state index contributed by atoms with van der Waals surface area (Å²) in [5, 5.41) is 35.0. The van der Waals surface area contributed by atoms with Crippen LogP contribution in [-0.4, -0.2) is 65.1 Å². The average Bonchev–Trinajstić information content (AvgIpc) is 2.63. The second kappa shape index (κ2) is 9.16. The van der Waals surface area contributed by atoms with Crippen LogP contribution in [0.4, 0.5) is 0 Å². The third-order valence-electron chi connectivity index (χ3n) is 4.93. The number of amides is 1. The lowest BCUT2D eigenvalue weighted by Gasteiger charge is -2.35. The van der Waals surface area contributed by atoms with Crippen LogP contribution in [0.1, 0.15) is 40.7 Å². The zero-order valence-electron chi connectivity index (χ0n) is 15.9. The van der Waals surface area contributed by atoms with E-state index in [0.717, 1.165) is 0 Å². The number of carbonyl (C=O) groups is 2. The lowest BCUT2D eigenvalue weighted by atomic mass is 9.94. The quantitative estimate of drug-likeness (QED) is 0.471. The van der Waals surface area contributed by atoms with Gasteiger partial charge in [-0.2, -0.15) is 0 Å². The standard InChI is InChI=1S/C19H28N2O6/c1-10-6-12(7-11(2)17(10)23)18(24)21-9-13(22)8-16-14(20-3)4-5-15(27-16)19(25)26/h6-7,13-16,20,22-23H,4-5,8-9H2,1-3H3,(H,21,24)(H,25,26). The molecular weight excluding hydrogens is 352 g/mol. The van der Waals surface area contributed by atoms with Gasteiger partial charge in [-0.3, -0.25) is 4.79 Å². The van der Waals surface area contributed by atoms with Crippen molar-refractivity contribution in [1.82, 2.24) is 10.6 Å². The van der Waals surface area contributed by atoms with Crippen LogP contribution in [0.5, 0.6) is 5.75 Å². The number of hydrogen-bond donors (Lipinski definition) is 5. The minimum Gasteiger partial charge on any atom is -0.507 e. The molecule has 8 heteroatoms. The molecule has 0 aliphatic carbocycles. The van der Waals surface area contributed by atoms with Crippen molar-refractivity contribution in [3.05, 3.63) is 28.8 Å². The van der Waals surface area contributed by atoms with E-state index in [4.69, 9.17) is 9.84 Å². The van der Waals surface area contributed by atoms with Crippen LogP contribution in [0.2, 0.25) is 0 Å². The molecule has 0 spiro atoms. The van der Waals surface area contributed by atoms with Gasteiger partial charge in [-0.05, 0) is 57.0 Å². The first-order chi connectivity index (χ1) is 12.7. The van der Waals surface area contributed by atoms with E-state index in [1.54, 1.807) is 33.0 Å². The Balaban J connectivity index is 1.91. The SMILES string of the molecule is CNC1CCC(C(=O)O)OC1CC(O)CNC(=O)c1cc(C)c(O)c(C)c1. The second-order valence-electron chi connectivity index (χ2n) is 7.03. The van der Waals surface area contributed by atoms with Gasteiger partial charge in [0.05, 0.1) is 12.2 Å². The molecule has 1 aliphatic heterocycles. The fraction of sp³-hybridized carbons (Fsp3) is 0.579. The first-order valence-corrected chi connectivity index (χ1v) is 9.05. The Morgan fingerprint density at radius 1 is 1.26 bits per heavy atom. The third-order valence-corrected chi connectivity index (χ3v) is 4.93. The highest BCUT2D eigenvalue weighted by atomic mass is 16.5. The van der Waals surface area contributed by atoms with Gasteiger partial charge in [-0.15, -0.1) is 0 Å². The molecule has 8 nitrogen and oxygen atoms in total. The van der Waals surface area contributed by atoms with E-state index >= 15 is 0 Å². The highest BCUT2D eigenvalue weighted by molar-refractivity contribution is 5.94. The van der Waals surface area contributed by atoms with E-state index in [2.05, 4.69) is 10.6 Å². The molecular formula is C19H28N2O6.